The van der Waals surface area contributed by atoms with Crippen molar-refractivity contribution in [3.63, 3.8) is 0 Å². The zero-order valence-corrected chi connectivity index (χ0v) is 20.0. The molecule has 5 fully saturated rings. The van der Waals surface area contributed by atoms with Crippen molar-refractivity contribution in [3.8, 4) is 5.75 Å². The number of likely N-dealkylation sites (tertiary alicyclic amines) is 2. The van der Waals surface area contributed by atoms with Crippen LogP contribution in [0.2, 0.25) is 0 Å². The summed E-state index contributed by atoms with van der Waals surface area (Å²) in [5, 5.41) is 10.6. The second kappa shape index (κ2) is 7.09. The Morgan fingerprint density at radius 1 is 1.00 bits per heavy atom. The number of phenols is 1. The quantitative estimate of drug-likeness (QED) is 0.734. The number of fused-ring (bicyclic) bond motifs is 1. The first-order valence-corrected chi connectivity index (χ1v) is 13.7. The van der Waals surface area contributed by atoms with Gasteiger partial charge in [0.25, 0.3) is 0 Å². The monoisotopic (exact) mass is 456 g/mol. The molecule has 2 saturated carbocycles. The van der Waals surface area contributed by atoms with Crippen LogP contribution in [0.3, 0.4) is 0 Å². The molecule has 1 N–H and O–H groups in total. The molecule has 3 aliphatic heterocycles. The molecule has 3 saturated heterocycles. The Kier molecular flexibility index (Phi) is 4.24. The molecular weight excluding hydrogens is 420 g/mol. The van der Waals surface area contributed by atoms with E-state index in [1.54, 1.807) is 0 Å². The Labute approximate surface area is 202 Å². The van der Waals surface area contributed by atoms with E-state index in [9.17, 15) is 5.11 Å². The Morgan fingerprint density at radius 2 is 1.88 bits per heavy atom. The molecule has 6 aliphatic rings. The van der Waals surface area contributed by atoms with E-state index in [4.69, 9.17) is 4.74 Å². The molecule has 8 rings (SSSR count). The topological polar surface area (TPSA) is 35.9 Å². The maximum absolute atomic E-state index is 10.6. The molecule has 2 aromatic rings. The lowest BCUT2D eigenvalue weighted by Gasteiger charge is -2.65. The predicted octanol–water partition coefficient (Wildman–Crippen LogP) is 4.14. The molecule has 34 heavy (non-hydrogen) atoms. The van der Waals surface area contributed by atoms with Crippen LogP contribution in [0.5, 0.6) is 5.75 Å². The van der Waals surface area contributed by atoms with E-state index in [0.717, 1.165) is 31.8 Å². The first-order chi connectivity index (χ1) is 16.7. The summed E-state index contributed by atoms with van der Waals surface area (Å²) in [6, 6.07) is 18.3. The molecule has 3 aliphatic carbocycles. The van der Waals surface area contributed by atoms with Crippen LogP contribution in [0.1, 0.15) is 48.8 Å². The molecule has 2 aromatic carbocycles. The van der Waals surface area contributed by atoms with Crippen LogP contribution in [-0.2, 0) is 23.0 Å². The standard InChI is InChI=1S/C30H36N2O2/c33-23-9-8-22-16-27-30-12-10-25-28(26(34-30)19-31(25)14-11-20-4-2-1-3-5-20)29(30,24(22)17-23)13-15-32(27)18-21-6-7-21/h1-5,8-9,17,21,25-28,33H,6-7,10-16,18-19H2/t25-,26-,27-,28+,29+,30-/m1/s1. The van der Waals surface area contributed by atoms with Crippen molar-refractivity contribution in [2.75, 3.05) is 26.2 Å². The van der Waals surface area contributed by atoms with Gasteiger partial charge in [0.2, 0.25) is 0 Å². The largest absolute Gasteiger partial charge is 0.508 e. The summed E-state index contributed by atoms with van der Waals surface area (Å²) in [5.41, 5.74) is 4.37. The molecule has 4 heteroatoms. The molecule has 4 bridgehead atoms. The van der Waals surface area contributed by atoms with Crippen LogP contribution in [0.25, 0.3) is 0 Å². The Bertz CT molecular complexity index is 1120. The molecular formula is C30H36N2O2. The number of aromatic hydroxyl groups is 1. The van der Waals surface area contributed by atoms with E-state index in [1.807, 2.05) is 6.07 Å². The average Bonchev–Trinajstić information content (AvgIpc) is 3.55. The van der Waals surface area contributed by atoms with Crippen molar-refractivity contribution in [2.45, 2.75) is 74.1 Å². The highest BCUT2D eigenvalue weighted by molar-refractivity contribution is 5.51. The molecule has 0 aromatic heterocycles. The average molecular weight is 457 g/mol. The lowest BCUT2D eigenvalue weighted by atomic mass is 9.46. The summed E-state index contributed by atoms with van der Waals surface area (Å²) >= 11 is 0. The molecule has 0 amide bonds. The second-order valence-electron chi connectivity index (χ2n) is 12.1. The summed E-state index contributed by atoms with van der Waals surface area (Å²) in [5.74, 6) is 1.90. The van der Waals surface area contributed by atoms with E-state index < -0.39 is 0 Å². The highest BCUT2D eigenvalue weighted by Crippen LogP contribution is 2.69. The third-order valence-electron chi connectivity index (χ3n) is 10.7. The Morgan fingerprint density at radius 3 is 2.74 bits per heavy atom. The number of hydrogen-bond donors (Lipinski definition) is 1. The van der Waals surface area contributed by atoms with Gasteiger partial charge in [-0.25, -0.2) is 0 Å². The van der Waals surface area contributed by atoms with Crippen molar-refractivity contribution in [1.82, 2.24) is 9.80 Å². The predicted molar refractivity (Wildman–Crippen MR) is 132 cm³/mol. The fourth-order valence-corrected chi connectivity index (χ4v) is 9.29. The fourth-order valence-electron chi connectivity index (χ4n) is 9.29. The Balaban J connectivity index is 1.18. The minimum atomic E-state index is -0.0573. The first-order valence-electron chi connectivity index (χ1n) is 13.7. The van der Waals surface area contributed by atoms with Gasteiger partial charge in [-0.05, 0) is 86.2 Å². The van der Waals surface area contributed by atoms with Gasteiger partial charge < -0.3 is 9.84 Å². The fraction of sp³-hybridized carbons (Fsp3) is 0.600. The Hall–Kier alpha value is -1.88. The molecule has 0 unspecified atom stereocenters. The van der Waals surface area contributed by atoms with Crippen molar-refractivity contribution < 1.29 is 9.84 Å². The van der Waals surface area contributed by atoms with E-state index >= 15 is 0 Å². The summed E-state index contributed by atoms with van der Waals surface area (Å²) in [7, 11) is 0. The van der Waals surface area contributed by atoms with Gasteiger partial charge in [-0.15, -0.1) is 0 Å². The molecule has 0 radical (unpaired) electrons. The number of phenolic OH excluding ortho intramolecular Hbond substituents is 1. The van der Waals surface area contributed by atoms with E-state index in [0.29, 0.717) is 29.9 Å². The van der Waals surface area contributed by atoms with Gasteiger partial charge in [0.05, 0.1) is 11.7 Å². The van der Waals surface area contributed by atoms with Crippen molar-refractivity contribution in [3.05, 3.63) is 65.2 Å². The maximum Gasteiger partial charge on any atom is 0.115 e. The third kappa shape index (κ3) is 2.60. The van der Waals surface area contributed by atoms with E-state index in [2.05, 4.69) is 52.3 Å². The third-order valence-corrected chi connectivity index (χ3v) is 10.7. The minimum Gasteiger partial charge on any atom is -0.508 e. The zero-order chi connectivity index (χ0) is 22.5. The maximum atomic E-state index is 10.6. The molecule has 3 heterocycles. The van der Waals surface area contributed by atoms with E-state index in [-0.39, 0.29) is 11.0 Å². The van der Waals surface area contributed by atoms with Crippen molar-refractivity contribution in [2.24, 2.45) is 11.8 Å². The number of rotatable bonds is 5. The van der Waals surface area contributed by atoms with Crippen LogP contribution in [0, 0.1) is 11.8 Å². The number of hydrogen-bond acceptors (Lipinski definition) is 4. The van der Waals surface area contributed by atoms with Crippen molar-refractivity contribution in [1.29, 1.82) is 0 Å². The zero-order valence-electron chi connectivity index (χ0n) is 20.0. The number of nitrogens with zero attached hydrogens (tertiary/aromatic N) is 2. The van der Waals surface area contributed by atoms with Gasteiger partial charge >= 0.3 is 0 Å². The number of piperidine rings is 1. The van der Waals surface area contributed by atoms with Crippen LogP contribution in [0.4, 0.5) is 0 Å². The molecule has 178 valence electrons. The van der Waals surface area contributed by atoms with Gasteiger partial charge in [-0.2, -0.15) is 0 Å². The summed E-state index contributed by atoms with van der Waals surface area (Å²) in [6.07, 6.45) is 8.99. The van der Waals surface area contributed by atoms with Crippen molar-refractivity contribution >= 4 is 0 Å². The van der Waals surface area contributed by atoms with Crippen LogP contribution in [0.15, 0.2) is 48.5 Å². The van der Waals surface area contributed by atoms with E-state index in [1.165, 1.54) is 61.9 Å². The highest BCUT2D eigenvalue weighted by atomic mass is 16.5. The number of benzene rings is 2. The van der Waals surface area contributed by atoms with Gasteiger partial charge in [-0.3, -0.25) is 9.80 Å². The smallest absolute Gasteiger partial charge is 0.115 e. The molecule has 4 nitrogen and oxygen atoms in total. The lowest BCUT2D eigenvalue weighted by Crippen LogP contribution is -2.74. The normalized spacial score (nSPS) is 40.2. The molecule has 0 spiro atoms. The summed E-state index contributed by atoms with van der Waals surface area (Å²) < 4.78 is 7.37. The first kappa shape index (κ1) is 20.3. The second-order valence-corrected chi connectivity index (χ2v) is 12.1. The SMILES string of the molecule is Oc1ccc2c(c1)[C@]13CCN(CC4CC4)[C@H](C2)[C@]12CC[C@@H]1[C@H]3[C@@H](CN1CCc1ccccc1)O2. The highest BCUT2D eigenvalue weighted by Gasteiger charge is 2.77. The van der Waals surface area contributed by atoms with Crippen LogP contribution in [-0.4, -0.2) is 64.9 Å². The lowest BCUT2D eigenvalue weighted by molar-refractivity contribution is -0.173. The summed E-state index contributed by atoms with van der Waals surface area (Å²) in [6.45, 7) is 4.66. The number of ether oxygens (including phenoxy) is 1. The minimum absolute atomic E-state index is 0.0573. The van der Waals surface area contributed by atoms with Gasteiger partial charge in [0.1, 0.15) is 5.75 Å². The van der Waals surface area contributed by atoms with Crippen LogP contribution < -0.4 is 0 Å². The van der Waals surface area contributed by atoms with Crippen LogP contribution >= 0.6 is 0 Å². The van der Waals surface area contributed by atoms with Gasteiger partial charge in [0.15, 0.2) is 0 Å². The summed E-state index contributed by atoms with van der Waals surface area (Å²) in [4.78, 5) is 5.60. The van der Waals surface area contributed by atoms with Gasteiger partial charge in [0, 0.05) is 43.1 Å². The van der Waals surface area contributed by atoms with Gasteiger partial charge in [-0.1, -0.05) is 36.4 Å². The molecule has 6 atom stereocenters.